The van der Waals surface area contributed by atoms with Crippen molar-refractivity contribution < 1.29 is 32.9 Å². The van der Waals surface area contributed by atoms with Gasteiger partial charge in [0.25, 0.3) is 0 Å². The molecule has 1 aliphatic heterocycles. The number of hydrogen-bond acceptors (Lipinski definition) is 6. The van der Waals surface area contributed by atoms with Gasteiger partial charge in [-0.05, 0) is 62.4 Å². The monoisotopic (exact) mass is 569 g/mol. The Labute approximate surface area is 237 Å². The topological polar surface area (TPSA) is 86.1 Å². The summed E-state index contributed by atoms with van der Waals surface area (Å²) >= 11 is 0. The molecule has 0 amide bonds. The summed E-state index contributed by atoms with van der Waals surface area (Å²) in [7, 11) is 5.33. The van der Waals surface area contributed by atoms with Gasteiger partial charge in [0.15, 0.2) is 0 Å². The fourth-order valence-electron chi connectivity index (χ4n) is 5.53. The number of hydrogen-bond donors (Lipinski definition) is 2. The molecule has 0 radical (unpaired) electrons. The number of fused-ring (bicyclic) bond motifs is 1. The van der Waals surface area contributed by atoms with Crippen LogP contribution in [0.15, 0.2) is 36.5 Å². The molecule has 2 aromatic carbocycles. The number of piperidine rings is 1. The van der Waals surface area contributed by atoms with Crippen LogP contribution in [-0.4, -0.2) is 66.9 Å². The standard InChI is InChI=1S/C31H34F3N3O4/c1-36(2)27-19-35-26-7-6-21(41-3)17-23(26)30(27)28(38)8-9-31(18-29(39)40)10-13-37(14-11-31)12-4-5-22-24(33)15-20(32)16-25(22)34/h6-7,15-17,19,28,38H,8-14,18H2,1-3H3,(H,39,40)/t28-/m0/s1. The van der Waals surface area contributed by atoms with Crippen LogP contribution in [0, 0.1) is 34.7 Å². The number of methoxy groups -OCH3 is 1. The molecule has 1 aliphatic rings. The minimum atomic E-state index is -1.05. The van der Waals surface area contributed by atoms with Crippen molar-refractivity contribution in [2.75, 3.05) is 45.7 Å². The molecule has 1 aromatic heterocycles. The van der Waals surface area contributed by atoms with Crippen molar-refractivity contribution >= 4 is 22.6 Å². The van der Waals surface area contributed by atoms with Crippen LogP contribution in [0.1, 0.15) is 49.3 Å². The number of ether oxygens (including phenoxy) is 1. The second-order valence-electron chi connectivity index (χ2n) is 10.8. The summed E-state index contributed by atoms with van der Waals surface area (Å²) in [6, 6.07) is 6.69. The van der Waals surface area contributed by atoms with E-state index in [9.17, 15) is 28.2 Å². The van der Waals surface area contributed by atoms with Crippen LogP contribution >= 0.6 is 0 Å². The number of benzene rings is 2. The minimum Gasteiger partial charge on any atom is -0.497 e. The zero-order chi connectivity index (χ0) is 29.7. The molecule has 7 nitrogen and oxygen atoms in total. The number of pyridine rings is 1. The van der Waals surface area contributed by atoms with Gasteiger partial charge in [0.2, 0.25) is 0 Å². The average Bonchev–Trinajstić information content (AvgIpc) is 2.92. The molecule has 218 valence electrons. The van der Waals surface area contributed by atoms with Gasteiger partial charge in [0.05, 0.1) is 49.1 Å². The summed E-state index contributed by atoms with van der Waals surface area (Å²) in [5, 5.41) is 22.0. The molecule has 41 heavy (non-hydrogen) atoms. The number of carboxylic acid groups (broad SMARTS) is 1. The van der Waals surface area contributed by atoms with Crippen LogP contribution in [0.3, 0.4) is 0 Å². The summed E-state index contributed by atoms with van der Waals surface area (Å²) in [4.78, 5) is 20.3. The maximum Gasteiger partial charge on any atom is 0.303 e. The van der Waals surface area contributed by atoms with Gasteiger partial charge in [0, 0.05) is 37.2 Å². The normalized spacial score (nSPS) is 15.7. The second kappa shape index (κ2) is 12.8. The van der Waals surface area contributed by atoms with Gasteiger partial charge < -0.3 is 19.8 Å². The van der Waals surface area contributed by atoms with E-state index in [0.717, 1.165) is 22.2 Å². The first-order chi connectivity index (χ1) is 19.5. The third kappa shape index (κ3) is 7.10. The summed E-state index contributed by atoms with van der Waals surface area (Å²) in [5.74, 6) is 1.84. The number of aromatic nitrogens is 1. The third-order valence-electron chi connectivity index (χ3n) is 7.82. The van der Waals surface area contributed by atoms with Crippen molar-refractivity contribution in [2.45, 2.75) is 38.2 Å². The zero-order valence-corrected chi connectivity index (χ0v) is 23.4. The molecule has 0 spiro atoms. The summed E-state index contributed by atoms with van der Waals surface area (Å²) in [6.07, 6.45) is 2.82. The lowest BCUT2D eigenvalue weighted by molar-refractivity contribution is -0.141. The Morgan fingerprint density at radius 3 is 2.46 bits per heavy atom. The lowest BCUT2D eigenvalue weighted by Crippen LogP contribution is -2.41. The Balaban J connectivity index is 1.48. The molecule has 10 heteroatoms. The van der Waals surface area contributed by atoms with Gasteiger partial charge in [-0.15, -0.1) is 0 Å². The molecule has 1 saturated heterocycles. The molecule has 0 bridgehead atoms. The van der Waals surface area contributed by atoms with Gasteiger partial charge in [-0.3, -0.25) is 14.7 Å². The zero-order valence-electron chi connectivity index (χ0n) is 23.4. The number of likely N-dealkylation sites (tertiary alicyclic amines) is 1. The number of rotatable bonds is 9. The van der Waals surface area contributed by atoms with Gasteiger partial charge in [0.1, 0.15) is 23.2 Å². The average molecular weight is 570 g/mol. The fraction of sp³-hybridized carbons (Fsp3) is 0.419. The second-order valence-corrected chi connectivity index (χ2v) is 10.8. The van der Waals surface area contributed by atoms with Crippen molar-refractivity contribution in [2.24, 2.45) is 5.41 Å². The molecule has 2 heterocycles. The van der Waals surface area contributed by atoms with E-state index >= 15 is 0 Å². The van der Waals surface area contributed by atoms with Gasteiger partial charge in [-0.1, -0.05) is 11.8 Å². The first kappa shape index (κ1) is 30.2. The number of carbonyl (C=O) groups is 1. The SMILES string of the molecule is COc1ccc2ncc(N(C)C)c([C@@H](O)CCC3(CC(=O)O)CCN(CC#Cc4c(F)cc(F)cc4F)CC3)c2c1. The first-order valence-corrected chi connectivity index (χ1v) is 13.4. The molecule has 3 aromatic rings. The predicted molar refractivity (Wildman–Crippen MR) is 150 cm³/mol. The van der Waals surface area contributed by atoms with Crippen molar-refractivity contribution in [1.82, 2.24) is 9.88 Å². The molecule has 0 unspecified atom stereocenters. The van der Waals surface area contributed by atoms with Crippen LogP contribution in [0.25, 0.3) is 10.9 Å². The van der Waals surface area contributed by atoms with Crippen LogP contribution in [0.4, 0.5) is 18.9 Å². The number of halogens is 3. The number of carboxylic acids is 1. The van der Waals surface area contributed by atoms with Crippen LogP contribution in [0.5, 0.6) is 5.75 Å². The van der Waals surface area contributed by atoms with E-state index in [4.69, 9.17) is 4.74 Å². The Morgan fingerprint density at radius 2 is 1.85 bits per heavy atom. The largest absolute Gasteiger partial charge is 0.497 e. The molecule has 2 N–H and O–H groups in total. The van der Waals surface area contributed by atoms with E-state index in [2.05, 4.69) is 16.8 Å². The smallest absolute Gasteiger partial charge is 0.303 e. The van der Waals surface area contributed by atoms with E-state index in [1.54, 1.807) is 13.3 Å². The van der Waals surface area contributed by atoms with E-state index in [1.807, 2.05) is 42.1 Å². The minimum absolute atomic E-state index is 0.0311. The Morgan fingerprint density at radius 1 is 1.17 bits per heavy atom. The van der Waals surface area contributed by atoms with E-state index in [0.29, 0.717) is 56.7 Å². The van der Waals surface area contributed by atoms with Crippen LogP contribution < -0.4 is 9.64 Å². The maximum atomic E-state index is 13.9. The van der Waals surface area contributed by atoms with Gasteiger partial charge in [-0.2, -0.15) is 0 Å². The number of nitrogens with zero attached hydrogens (tertiary/aromatic N) is 3. The van der Waals surface area contributed by atoms with Crippen LogP contribution in [-0.2, 0) is 4.79 Å². The van der Waals surface area contributed by atoms with Crippen molar-refractivity contribution in [3.8, 4) is 17.6 Å². The molecule has 1 atom stereocenters. The summed E-state index contributed by atoms with van der Waals surface area (Å²) < 4.78 is 46.3. The summed E-state index contributed by atoms with van der Waals surface area (Å²) in [5.41, 5.74) is 1.21. The lowest BCUT2D eigenvalue weighted by Gasteiger charge is -2.41. The van der Waals surface area contributed by atoms with Crippen molar-refractivity contribution in [1.29, 1.82) is 0 Å². The maximum absolute atomic E-state index is 13.9. The lowest BCUT2D eigenvalue weighted by atomic mass is 9.71. The first-order valence-electron chi connectivity index (χ1n) is 13.4. The van der Waals surface area contributed by atoms with Crippen molar-refractivity contribution in [3.05, 3.63) is 65.1 Å². The van der Waals surface area contributed by atoms with Crippen molar-refractivity contribution in [3.63, 3.8) is 0 Å². The Kier molecular flexibility index (Phi) is 9.41. The predicted octanol–water partition coefficient (Wildman–Crippen LogP) is 5.15. The van der Waals surface area contributed by atoms with Crippen LogP contribution in [0.2, 0.25) is 0 Å². The molecule has 0 aliphatic carbocycles. The van der Waals surface area contributed by atoms with E-state index in [-0.39, 0.29) is 13.0 Å². The van der Waals surface area contributed by atoms with E-state index in [1.165, 1.54) is 0 Å². The molecule has 0 saturated carbocycles. The Hall–Kier alpha value is -3.81. The van der Waals surface area contributed by atoms with Gasteiger partial charge >= 0.3 is 5.97 Å². The molecule has 4 rings (SSSR count). The molecular formula is C31H34F3N3O4. The number of aliphatic carboxylic acids is 1. The molecular weight excluding hydrogens is 535 g/mol. The number of aliphatic hydroxyl groups is 1. The third-order valence-corrected chi connectivity index (χ3v) is 7.82. The highest BCUT2D eigenvalue weighted by molar-refractivity contribution is 5.88. The summed E-state index contributed by atoms with van der Waals surface area (Å²) in [6.45, 7) is 1.33. The highest BCUT2D eigenvalue weighted by Gasteiger charge is 2.37. The highest BCUT2D eigenvalue weighted by atomic mass is 19.1. The molecule has 1 fully saturated rings. The van der Waals surface area contributed by atoms with E-state index < -0.39 is 40.5 Å². The number of aliphatic hydroxyl groups excluding tert-OH is 1. The Bertz CT molecular complexity index is 1450. The number of anilines is 1. The van der Waals surface area contributed by atoms with Gasteiger partial charge in [-0.25, -0.2) is 13.2 Å². The quantitative estimate of drug-likeness (QED) is 0.345. The fourth-order valence-corrected chi connectivity index (χ4v) is 5.53. The highest BCUT2D eigenvalue weighted by Crippen LogP contribution is 2.43.